The molecule has 4 aromatic rings. The minimum Gasteiger partial charge on any atom is -0.478 e. The van der Waals surface area contributed by atoms with Gasteiger partial charge in [-0.05, 0) is 42.3 Å². The molecule has 6 nitrogen and oxygen atoms in total. The summed E-state index contributed by atoms with van der Waals surface area (Å²) in [5, 5.41) is 10.9. The largest absolute Gasteiger partial charge is 0.478 e. The second-order valence-corrected chi connectivity index (χ2v) is 7.80. The van der Waals surface area contributed by atoms with Crippen LogP contribution in [0, 0.1) is 5.82 Å². The minimum absolute atomic E-state index is 0.102. The molecule has 0 saturated carbocycles. The van der Waals surface area contributed by atoms with E-state index in [4.69, 9.17) is 9.15 Å². The van der Waals surface area contributed by atoms with Gasteiger partial charge in [0.1, 0.15) is 0 Å². The number of hydrogen-bond acceptors (Lipinski definition) is 6. The van der Waals surface area contributed by atoms with Crippen LogP contribution in [0.3, 0.4) is 0 Å². The lowest BCUT2D eigenvalue weighted by Gasteiger charge is -2.11. The Morgan fingerprint density at radius 1 is 1.00 bits per heavy atom. The van der Waals surface area contributed by atoms with Crippen molar-refractivity contribution in [2.24, 2.45) is 0 Å². The van der Waals surface area contributed by atoms with Gasteiger partial charge in [0.15, 0.2) is 17.7 Å². The van der Waals surface area contributed by atoms with Gasteiger partial charge < -0.3 is 14.5 Å². The molecular weight excluding hydrogens is 429 g/mol. The number of benzene rings is 3. The number of para-hydroxylation sites is 1. The molecule has 0 unspecified atom stereocenters. The average molecular weight is 450 g/mol. The minimum atomic E-state index is -0.634. The van der Waals surface area contributed by atoms with Gasteiger partial charge in [-0.2, -0.15) is 0 Å². The Labute approximate surface area is 188 Å². The van der Waals surface area contributed by atoms with Crippen LogP contribution in [0.4, 0.5) is 10.1 Å². The van der Waals surface area contributed by atoms with Gasteiger partial charge in [0, 0.05) is 5.69 Å². The molecule has 4 rings (SSSR count). The summed E-state index contributed by atoms with van der Waals surface area (Å²) in [5.74, 6) is -0.262. The van der Waals surface area contributed by atoms with Crippen LogP contribution in [0.5, 0.6) is 5.75 Å². The molecule has 1 heterocycles. The maximum Gasteiger partial charge on any atom is 0.277 e. The predicted molar refractivity (Wildman–Crippen MR) is 121 cm³/mol. The highest BCUT2D eigenvalue weighted by molar-refractivity contribution is 7.99. The Balaban J connectivity index is 1.28. The zero-order valence-corrected chi connectivity index (χ0v) is 18.0. The highest BCUT2D eigenvalue weighted by Gasteiger charge is 2.18. The van der Waals surface area contributed by atoms with Gasteiger partial charge in [-0.3, -0.25) is 4.79 Å². The van der Waals surface area contributed by atoms with Crippen LogP contribution >= 0.6 is 11.8 Å². The van der Waals surface area contributed by atoms with E-state index in [9.17, 15) is 9.18 Å². The molecule has 8 heteroatoms. The highest BCUT2D eigenvalue weighted by Crippen LogP contribution is 2.26. The van der Waals surface area contributed by atoms with Gasteiger partial charge in [-0.15, -0.1) is 10.2 Å². The first-order valence-electron chi connectivity index (χ1n) is 9.91. The quantitative estimate of drug-likeness (QED) is 0.345. The Morgan fingerprint density at radius 2 is 1.69 bits per heavy atom. The van der Waals surface area contributed by atoms with E-state index in [0.717, 1.165) is 22.9 Å². The van der Waals surface area contributed by atoms with Crippen molar-refractivity contribution < 1.29 is 18.3 Å². The summed E-state index contributed by atoms with van der Waals surface area (Å²) >= 11 is 1.11. The van der Waals surface area contributed by atoms with Crippen LogP contribution < -0.4 is 10.1 Å². The van der Waals surface area contributed by atoms with Crippen molar-refractivity contribution in [2.75, 3.05) is 11.1 Å². The number of amides is 1. The van der Waals surface area contributed by atoms with Crippen molar-refractivity contribution >= 4 is 23.4 Å². The van der Waals surface area contributed by atoms with E-state index >= 15 is 0 Å². The second-order valence-electron chi connectivity index (χ2n) is 6.88. The molecule has 1 N–H and O–H groups in total. The van der Waals surface area contributed by atoms with Crippen molar-refractivity contribution in [1.29, 1.82) is 0 Å². The number of hydrogen-bond donors (Lipinski definition) is 1. The zero-order chi connectivity index (χ0) is 22.3. The van der Waals surface area contributed by atoms with Crippen molar-refractivity contribution in [3.05, 3.63) is 90.6 Å². The van der Waals surface area contributed by atoms with E-state index in [1.54, 1.807) is 19.1 Å². The highest BCUT2D eigenvalue weighted by atomic mass is 32.2. The number of carbonyl (C=O) groups excluding carboxylic acids is 1. The zero-order valence-electron chi connectivity index (χ0n) is 17.2. The third-order valence-electron chi connectivity index (χ3n) is 4.51. The molecule has 3 aromatic carbocycles. The Morgan fingerprint density at radius 3 is 2.44 bits per heavy atom. The first-order chi connectivity index (χ1) is 15.6. The molecule has 0 aliphatic heterocycles. The van der Waals surface area contributed by atoms with Gasteiger partial charge in [-0.1, -0.05) is 66.4 Å². The summed E-state index contributed by atoms with van der Waals surface area (Å²) in [4.78, 5) is 12.3. The standard InChI is InChI=1S/C24H20FN3O3S/c1-16(30-21-10-6-5-9-20(21)25)23-27-28-24(31-23)32-15-22(29)26-19-13-11-18(12-14-19)17-7-3-2-4-8-17/h2-14,16H,15H2,1H3,(H,26,29)/t16-/m0/s1. The van der Waals surface area contributed by atoms with Crippen LogP contribution in [-0.2, 0) is 4.79 Å². The van der Waals surface area contributed by atoms with Gasteiger partial charge in [0.05, 0.1) is 5.75 Å². The number of rotatable bonds is 8. The first-order valence-corrected chi connectivity index (χ1v) is 10.9. The lowest BCUT2D eigenvalue weighted by atomic mass is 10.1. The van der Waals surface area contributed by atoms with Crippen molar-refractivity contribution in [3.8, 4) is 16.9 Å². The van der Waals surface area contributed by atoms with Crippen LogP contribution in [0.1, 0.15) is 18.9 Å². The van der Waals surface area contributed by atoms with E-state index in [2.05, 4.69) is 15.5 Å². The lowest BCUT2D eigenvalue weighted by molar-refractivity contribution is -0.113. The Hall–Kier alpha value is -3.65. The van der Waals surface area contributed by atoms with Gasteiger partial charge in [-0.25, -0.2) is 4.39 Å². The van der Waals surface area contributed by atoms with Crippen molar-refractivity contribution in [3.63, 3.8) is 0 Å². The number of nitrogens with one attached hydrogen (secondary N) is 1. The Kier molecular flexibility index (Phi) is 6.81. The molecule has 0 aliphatic carbocycles. The lowest BCUT2D eigenvalue weighted by Crippen LogP contribution is -2.13. The summed E-state index contributed by atoms with van der Waals surface area (Å²) in [6.07, 6.45) is -0.634. The topological polar surface area (TPSA) is 77.2 Å². The molecule has 1 atom stereocenters. The third-order valence-corrected chi connectivity index (χ3v) is 5.33. The molecule has 162 valence electrons. The number of nitrogens with zero attached hydrogens (tertiary/aromatic N) is 2. The monoisotopic (exact) mass is 449 g/mol. The summed E-state index contributed by atoms with van der Waals surface area (Å²) < 4.78 is 24.8. The maximum absolute atomic E-state index is 13.7. The Bertz CT molecular complexity index is 1180. The molecule has 0 aliphatic rings. The molecule has 1 amide bonds. The van der Waals surface area contributed by atoms with E-state index in [1.165, 1.54) is 12.1 Å². The fourth-order valence-corrected chi connectivity index (χ4v) is 3.49. The second kappa shape index (κ2) is 10.1. The number of carbonyl (C=O) groups is 1. The average Bonchev–Trinajstić information content (AvgIpc) is 3.30. The van der Waals surface area contributed by atoms with Crippen LogP contribution in [0.25, 0.3) is 11.1 Å². The molecule has 1 aromatic heterocycles. The van der Waals surface area contributed by atoms with Crippen LogP contribution in [-0.4, -0.2) is 21.9 Å². The summed E-state index contributed by atoms with van der Waals surface area (Å²) in [6.45, 7) is 1.68. The third kappa shape index (κ3) is 5.53. The number of aromatic nitrogens is 2. The molecule has 0 radical (unpaired) electrons. The molecule has 0 saturated heterocycles. The predicted octanol–water partition coefficient (Wildman–Crippen LogP) is 5.75. The van der Waals surface area contributed by atoms with E-state index in [0.29, 0.717) is 5.69 Å². The molecule has 0 bridgehead atoms. The molecule has 0 spiro atoms. The molecule has 0 fully saturated rings. The molecule has 32 heavy (non-hydrogen) atoms. The number of anilines is 1. The van der Waals surface area contributed by atoms with E-state index in [1.807, 2.05) is 54.6 Å². The van der Waals surface area contributed by atoms with E-state index in [-0.39, 0.29) is 28.5 Å². The molecular formula is C24H20FN3O3S. The number of thioether (sulfide) groups is 1. The SMILES string of the molecule is C[C@H](Oc1ccccc1F)c1nnc(SCC(=O)Nc2ccc(-c3ccccc3)cc2)o1. The fraction of sp³-hybridized carbons (Fsp3) is 0.125. The van der Waals surface area contributed by atoms with Crippen molar-refractivity contribution in [1.82, 2.24) is 10.2 Å². The van der Waals surface area contributed by atoms with E-state index < -0.39 is 11.9 Å². The van der Waals surface area contributed by atoms with Gasteiger partial charge >= 0.3 is 0 Å². The van der Waals surface area contributed by atoms with Gasteiger partial charge in [0.2, 0.25) is 5.91 Å². The first kappa shape index (κ1) is 21.6. The van der Waals surface area contributed by atoms with Gasteiger partial charge in [0.25, 0.3) is 11.1 Å². The summed E-state index contributed by atoms with van der Waals surface area (Å²) in [5.41, 5.74) is 2.89. The fourth-order valence-electron chi connectivity index (χ4n) is 2.93. The van der Waals surface area contributed by atoms with Crippen LogP contribution in [0.2, 0.25) is 0 Å². The summed E-state index contributed by atoms with van der Waals surface area (Å²) in [6, 6.07) is 23.7. The normalized spacial score (nSPS) is 11.7. The number of ether oxygens (including phenoxy) is 1. The van der Waals surface area contributed by atoms with Crippen molar-refractivity contribution in [2.45, 2.75) is 18.3 Å². The smallest absolute Gasteiger partial charge is 0.277 e. The maximum atomic E-state index is 13.7. The number of halogens is 1. The van der Waals surface area contributed by atoms with Crippen LogP contribution in [0.15, 0.2) is 88.5 Å². The summed E-state index contributed by atoms with van der Waals surface area (Å²) in [7, 11) is 0.